The molecular weight excluding hydrogens is 349 g/mol. The molecule has 0 radical (unpaired) electrons. The highest BCUT2D eigenvalue weighted by atomic mass is 35.5. The van der Waals surface area contributed by atoms with Gasteiger partial charge in [-0.2, -0.15) is 0 Å². The van der Waals surface area contributed by atoms with Crippen molar-refractivity contribution in [1.29, 1.82) is 0 Å². The van der Waals surface area contributed by atoms with E-state index in [1.807, 2.05) is 24.3 Å². The lowest BCUT2D eigenvalue weighted by Crippen LogP contribution is -2.15. The average molecular weight is 374 g/mol. The van der Waals surface area contributed by atoms with Gasteiger partial charge in [-0.1, -0.05) is 41.4 Å². The van der Waals surface area contributed by atoms with Gasteiger partial charge in [0.2, 0.25) is 0 Å². The van der Waals surface area contributed by atoms with Gasteiger partial charge >= 0.3 is 0 Å². The first-order valence-electron chi connectivity index (χ1n) is 9.25. The maximum Gasteiger partial charge on any atom is 0.131 e. The number of allylic oxidation sites excluding steroid dienone is 1. The van der Waals surface area contributed by atoms with Gasteiger partial charge in [-0.25, -0.2) is 4.39 Å². The predicted molar refractivity (Wildman–Crippen MR) is 105 cm³/mol. The second-order valence-electron chi connectivity index (χ2n) is 6.67. The Bertz CT molecular complexity index is 722. The second-order valence-corrected chi connectivity index (χ2v) is 7.07. The van der Waals surface area contributed by atoms with Gasteiger partial charge in [0.25, 0.3) is 0 Å². The molecule has 0 bridgehead atoms. The molecule has 0 aliphatic heterocycles. The molecule has 0 fully saturated rings. The van der Waals surface area contributed by atoms with Gasteiger partial charge in [-0.05, 0) is 68.5 Å². The molecule has 2 aromatic carbocycles. The molecule has 0 heterocycles. The van der Waals surface area contributed by atoms with Crippen molar-refractivity contribution in [3.63, 3.8) is 0 Å². The van der Waals surface area contributed by atoms with Crippen molar-refractivity contribution in [1.82, 2.24) is 5.32 Å². The minimum Gasteiger partial charge on any atom is -0.489 e. The minimum atomic E-state index is -0.341. The summed E-state index contributed by atoms with van der Waals surface area (Å²) in [4.78, 5) is 0. The molecule has 1 aliphatic carbocycles. The fourth-order valence-corrected chi connectivity index (χ4v) is 3.36. The van der Waals surface area contributed by atoms with E-state index in [0.29, 0.717) is 16.3 Å². The summed E-state index contributed by atoms with van der Waals surface area (Å²) in [5.74, 6) is 0.367. The fraction of sp³-hybridized carbons (Fsp3) is 0.364. The van der Waals surface area contributed by atoms with Crippen LogP contribution in [0.2, 0.25) is 5.02 Å². The van der Waals surface area contributed by atoms with Crippen molar-refractivity contribution in [2.45, 2.75) is 45.3 Å². The molecule has 0 atom stereocenters. The molecule has 0 amide bonds. The third-order valence-corrected chi connectivity index (χ3v) is 5.06. The average Bonchev–Trinajstić information content (AvgIpc) is 2.67. The van der Waals surface area contributed by atoms with Crippen LogP contribution in [0.3, 0.4) is 0 Å². The van der Waals surface area contributed by atoms with Crippen LogP contribution >= 0.6 is 11.6 Å². The van der Waals surface area contributed by atoms with E-state index in [1.165, 1.54) is 37.3 Å². The van der Waals surface area contributed by atoms with E-state index in [0.717, 1.165) is 19.5 Å². The Morgan fingerprint density at radius 3 is 2.65 bits per heavy atom. The first-order valence-corrected chi connectivity index (χ1v) is 9.63. The molecule has 138 valence electrons. The Hall–Kier alpha value is -1.84. The molecule has 3 rings (SSSR count). The van der Waals surface area contributed by atoms with Crippen molar-refractivity contribution in [3.8, 4) is 5.75 Å². The van der Waals surface area contributed by atoms with E-state index in [1.54, 1.807) is 17.7 Å². The first-order chi connectivity index (χ1) is 12.7. The van der Waals surface area contributed by atoms with Crippen LogP contribution in [0.25, 0.3) is 0 Å². The maximum atomic E-state index is 13.7. The van der Waals surface area contributed by atoms with Crippen LogP contribution in [-0.2, 0) is 13.2 Å². The van der Waals surface area contributed by atoms with E-state index >= 15 is 0 Å². The SMILES string of the molecule is Fc1cccc(Cl)c1COc1ccc(CNCCC2=CCCCC2)cc1. The summed E-state index contributed by atoms with van der Waals surface area (Å²) in [6.45, 7) is 1.97. The lowest BCUT2D eigenvalue weighted by atomic mass is 9.97. The fourth-order valence-electron chi connectivity index (χ4n) is 3.14. The van der Waals surface area contributed by atoms with Crippen LogP contribution in [0.4, 0.5) is 4.39 Å². The summed E-state index contributed by atoms with van der Waals surface area (Å²) in [6.07, 6.45) is 8.73. The molecular formula is C22H25ClFNO. The van der Waals surface area contributed by atoms with Crippen molar-refractivity contribution in [3.05, 3.63) is 76.1 Å². The summed E-state index contributed by atoms with van der Waals surface area (Å²) in [5.41, 5.74) is 3.19. The monoisotopic (exact) mass is 373 g/mol. The largest absolute Gasteiger partial charge is 0.489 e. The van der Waals surface area contributed by atoms with Crippen LogP contribution in [-0.4, -0.2) is 6.54 Å². The first kappa shape index (κ1) is 18.9. The summed E-state index contributed by atoms with van der Waals surface area (Å²) in [5, 5.41) is 3.88. The maximum absolute atomic E-state index is 13.7. The normalized spacial score (nSPS) is 14.2. The number of ether oxygens (including phenoxy) is 1. The molecule has 4 heteroatoms. The molecule has 0 saturated heterocycles. The highest BCUT2D eigenvalue weighted by molar-refractivity contribution is 6.31. The summed E-state index contributed by atoms with van der Waals surface area (Å²) in [7, 11) is 0. The van der Waals surface area contributed by atoms with Crippen LogP contribution in [0.15, 0.2) is 54.1 Å². The molecule has 2 aromatic rings. The van der Waals surface area contributed by atoms with Crippen molar-refractivity contribution in [2.75, 3.05) is 6.54 Å². The Morgan fingerprint density at radius 1 is 1.08 bits per heavy atom. The summed E-state index contributed by atoms with van der Waals surface area (Å²) < 4.78 is 19.4. The lowest BCUT2D eigenvalue weighted by Gasteiger charge is -2.13. The molecule has 2 nitrogen and oxygen atoms in total. The number of hydrogen-bond donors (Lipinski definition) is 1. The highest BCUT2D eigenvalue weighted by Crippen LogP contribution is 2.22. The Labute approximate surface area is 160 Å². The summed E-state index contributed by atoms with van der Waals surface area (Å²) in [6, 6.07) is 12.5. The highest BCUT2D eigenvalue weighted by Gasteiger charge is 2.08. The standard InChI is InChI=1S/C22H25ClFNO/c23-21-7-4-8-22(24)20(21)16-26-19-11-9-18(10-12-19)15-25-14-13-17-5-2-1-3-6-17/h4-5,7-12,25H,1-3,6,13-16H2. The Kier molecular flexibility index (Phi) is 7.10. The van der Waals surface area contributed by atoms with Crippen molar-refractivity contribution in [2.24, 2.45) is 0 Å². The van der Waals surface area contributed by atoms with Gasteiger partial charge in [0.15, 0.2) is 0 Å². The number of halogens is 2. The molecule has 0 saturated carbocycles. The second kappa shape index (κ2) is 9.75. The zero-order valence-corrected chi connectivity index (χ0v) is 15.7. The van der Waals surface area contributed by atoms with Crippen molar-refractivity contribution >= 4 is 11.6 Å². The van der Waals surface area contributed by atoms with E-state index < -0.39 is 0 Å². The lowest BCUT2D eigenvalue weighted by molar-refractivity contribution is 0.300. The van der Waals surface area contributed by atoms with Crippen LogP contribution < -0.4 is 10.1 Å². The summed E-state index contributed by atoms with van der Waals surface area (Å²) >= 11 is 6.02. The third kappa shape index (κ3) is 5.58. The van der Waals surface area contributed by atoms with Crippen LogP contribution in [0.1, 0.15) is 43.2 Å². The molecule has 0 unspecified atom stereocenters. The van der Waals surface area contributed by atoms with E-state index in [9.17, 15) is 4.39 Å². The smallest absolute Gasteiger partial charge is 0.131 e. The predicted octanol–water partition coefficient (Wildman–Crippen LogP) is 6.04. The van der Waals surface area contributed by atoms with Crippen LogP contribution in [0, 0.1) is 5.82 Å². The van der Waals surface area contributed by atoms with Crippen LogP contribution in [0.5, 0.6) is 5.75 Å². The van der Waals surface area contributed by atoms with E-state index in [2.05, 4.69) is 11.4 Å². The Balaban J connectivity index is 1.42. The number of rotatable bonds is 8. The van der Waals surface area contributed by atoms with Crippen molar-refractivity contribution < 1.29 is 9.13 Å². The Morgan fingerprint density at radius 2 is 1.92 bits per heavy atom. The van der Waals surface area contributed by atoms with Gasteiger partial charge in [0.05, 0.1) is 5.02 Å². The van der Waals surface area contributed by atoms with Gasteiger partial charge in [0.1, 0.15) is 18.2 Å². The topological polar surface area (TPSA) is 21.3 Å². The number of benzene rings is 2. The van der Waals surface area contributed by atoms with Gasteiger partial charge < -0.3 is 10.1 Å². The zero-order chi connectivity index (χ0) is 18.2. The minimum absolute atomic E-state index is 0.123. The van der Waals surface area contributed by atoms with E-state index in [-0.39, 0.29) is 12.4 Å². The number of hydrogen-bond acceptors (Lipinski definition) is 2. The quantitative estimate of drug-likeness (QED) is 0.450. The molecule has 0 aromatic heterocycles. The van der Waals surface area contributed by atoms with Gasteiger partial charge in [-0.15, -0.1) is 0 Å². The molecule has 1 aliphatic rings. The zero-order valence-electron chi connectivity index (χ0n) is 14.9. The number of nitrogens with one attached hydrogen (secondary N) is 1. The third-order valence-electron chi connectivity index (χ3n) is 4.71. The molecule has 1 N–H and O–H groups in total. The van der Waals surface area contributed by atoms with Gasteiger partial charge in [0, 0.05) is 12.1 Å². The molecule has 26 heavy (non-hydrogen) atoms. The molecule has 0 spiro atoms. The van der Waals surface area contributed by atoms with E-state index in [4.69, 9.17) is 16.3 Å². The van der Waals surface area contributed by atoms with Gasteiger partial charge in [-0.3, -0.25) is 0 Å².